The number of nitrogens with zero attached hydrogens (tertiary/aromatic N) is 1. The Morgan fingerprint density at radius 2 is 2.22 bits per heavy atom. The average molecular weight is 316 g/mol. The maximum atomic E-state index is 12.6. The SMILES string of the molecule is CNN1CCC23c4c5ccc(O)c4OC2C(=O)CC[C@@]3(O)C1C5. The second kappa shape index (κ2) is 4.06. The molecule has 0 amide bonds. The smallest absolute Gasteiger partial charge is 0.174 e. The molecule has 4 atom stereocenters. The largest absolute Gasteiger partial charge is 0.504 e. The first-order valence-corrected chi connectivity index (χ1v) is 8.24. The quantitative estimate of drug-likeness (QED) is 0.689. The molecule has 2 aliphatic carbocycles. The van der Waals surface area contributed by atoms with Crippen LogP contribution >= 0.6 is 0 Å². The number of nitrogens with one attached hydrogen (secondary N) is 1. The number of phenols is 1. The molecular formula is C17H20N2O4. The minimum Gasteiger partial charge on any atom is -0.504 e. The van der Waals surface area contributed by atoms with Crippen LogP contribution in [0.4, 0.5) is 0 Å². The first-order chi connectivity index (χ1) is 11.0. The van der Waals surface area contributed by atoms with E-state index in [0.29, 0.717) is 31.4 Å². The van der Waals surface area contributed by atoms with Gasteiger partial charge in [0.2, 0.25) is 0 Å². The number of carbonyl (C=O) groups excluding carboxylic acids is 1. The lowest BCUT2D eigenvalue weighted by Gasteiger charge is -2.62. The molecule has 2 fully saturated rings. The molecule has 1 spiro atoms. The van der Waals surface area contributed by atoms with E-state index in [1.807, 2.05) is 13.1 Å². The summed E-state index contributed by atoms with van der Waals surface area (Å²) in [5, 5.41) is 24.1. The Kier molecular flexibility index (Phi) is 2.43. The van der Waals surface area contributed by atoms with Crippen molar-refractivity contribution in [2.45, 2.75) is 48.8 Å². The highest BCUT2D eigenvalue weighted by molar-refractivity contribution is 5.90. The van der Waals surface area contributed by atoms with Crippen LogP contribution in [0.15, 0.2) is 12.1 Å². The molecule has 1 aromatic rings. The van der Waals surface area contributed by atoms with Crippen molar-refractivity contribution in [2.24, 2.45) is 0 Å². The van der Waals surface area contributed by atoms with Crippen molar-refractivity contribution in [2.75, 3.05) is 13.6 Å². The lowest BCUT2D eigenvalue weighted by molar-refractivity contribution is -0.194. The molecule has 0 radical (unpaired) electrons. The van der Waals surface area contributed by atoms with Crippen molar-refractivity contribution in [1.82, 2.24) is 10.4 Å². The van der Waals surface area contributed by atoms with E-state index >= 15 is 0 Å². The van der Waals surface area contributed by atoms with Gasteiger partial charge in [-0.2, -0.15) is 0 Å². The van der Waals surface area contributed by atoms with Crippen LogP contribution in [-0.4, -0.2) is 52.3 Å². The molecule has 6 heteroatoms. The van der Waals surface area contributed by atoms with Gasteiger partial charge in [0, 0.05) is 18.5 Å². The van der Waals surface area contributed by atoms with E-state index in [9.17, 15) is 15.0 Å². The molecule has 2 heterocycles. The van der Waals surface area contributed by atoms with Crippen LogP contribution in [0.2, 0.25) is 0 Å². The van der Waals surface area contributed by atoms with E-state index < -0.39 is 17.1 Å². The summed E-state index contributed by atoms with van der Waals surface area (Å²) >= 11 is 0. The number of phenolic OH excluding ortho intramolecular Hbond substituents is 1. The normalized spacial score (nSPS) is 40.7. The number of rotatable bonds is 1. The van der Waals surface area contributed by atoms with E-state index in [2.05, 4.69) is 10.4 Å². The number of carbonyl (C=O) groups is 1. The summed E-state index contributed by atoms with van der Waals surface area (Å²) in [6.45, 7) is 0.741. The topological polar surface area (TPSA) is 82.0 Å². The number of ether oxygens (including phenoxy) is 1. The number of aliphatic hydroxyl groups is 1. The molecule has 2 bridgehead atoms. The number of hydrogen-bond donors (Lipinski definition) is 3. The first-order valence-electron chi connectivity index (χ1n) is 8.24. The van der Waals surface area contributed by atoms with Crippen LogP contribution in [0.1, 0.15) is 30.4 Å². The van der Waals surface area contributed by atoms with E-state index in [0.717, 1.165) is 17.7 Å². The average Bonchev–Trinajstić information content (AvgIpc) is 2.89. The van der Waals surface area contributed by atoms with Gasteiger partial charge in [0.05, 0.1) is 17.1 Å². The molecule has 2 aliphatic heterocycles. The van der Waals surface area contributed by atoms with E-state index in [1.165, 1.54) is 0 Å². The van der Waals surface area contributed by atoms with E-state index in [4.69, 9.17) is 4.74 Å². The minimum absolute atomic E-state index is 0.0368. The predicted octanol–water partition coefficient (Wildman–Crippen LogP) is 0.250. The van der Waals surface area contributed by atoms with Crippen LogP contribution < -0.4 is 10.2 Å². The highest BCUT2D eigenvalue weighted by Crippen LogP contribution is 2.64. The summed E-state index contributed by atoms with van der Waals surface area (Å²) < 4.78 is 5.96. The van der Waals surface area contributed by atoms with Gasteiger partial charge in [0.25, 0.3) is 0 Å². The second-order valence-electron chi connectivity index (χ2n) is 7.19. The summed E-state index contributed by atoms with van der Waals surface area (Å²) in [5.41, 5.74) is 3.42. The highest BCUT2D eigenvalue weighted by atomic mass is 16.5. The fourth-order valence-electron chi connectivity index (χ4n) is 5.59. The molecule has 3 unspecified atom stereocenters. The number of benzene rings is 1. The van der Waals surface area contributed by atoms with Gasteiger partial charge < -0.3 is 14.9 Å². The van der Waals surface area contributed by atoms with Crippen molar-refractivity contribution in [1.29, 1.82) is 0 Å². The fourth-order valence-corrected chi connectivity index (χ4v) is 5.59. The molecule has 0 aromatic heterocycles. The van der Waals surface area contributed by atoms with Gasteiger partial charge in [0.15, 0.2) is 23.4 Å². The van der Waals surface area contributed by atoms with Crippen molar-refractivity contribution >= 4 is 5.78 Å². The van der Waals surface area contributed by atoms with Crippen LogP contribution in [0, 0.1) is 0 Å². The van der Waals surface area contributed by atoms with Gasteiger partial charge in [-0.1, -0.05) is 6.07 Å². The maximum absolute atomic E-state index is 12.6. The number of hydrazine groups is 1. The molecule has 1 aromatic carbocycles. The Balaban J connectivity index is 1.84. The Labute approximate surface area is 134 Å². The molecule has 1 saturated heterocycles. The first kappa shape index (κ1) is 13.8. The Morgan fingerprint density at radius 3 is 3.00 bits per heavy atom. The van der Waals surface area contributed by atoms with Crippen LogP contribution in [0.5, 0.6) is 11.5 Å². The molecule has 122 valence electrons. The summed E-state index contributed by atoms with van der Waals surface area (Å²) in [4.78, 5) is 12.6. The summed E-state index contributed by atoms with van der Waals surface area (Å²) in [7, 11) is 1.87. The number of hydrogen-bond acceptors (Lipinski definition) is 6. The molecule has 3 N–H and O–H groups in total. The Bertz CT molecular complexity index is 736. The zero-order valence-electron chi connectivity index (χ0n) is 13.0. The summed E-state index contributed by atoms with van der Waals surface area (Å²) in [6.07, 6.45) is 1.42. The van der Waals surface area contributed by atoms with Gasteiger partial charge in [-0.15, -0.1) is 0 Å². The number of piperidine rings is 1. The van der Waals surface area contributed by atoms with Gasteiger partial charge in [-0.3, -0.25) is 10.2 Å². The standard InChI is InChI=1S/C17H20N2O4/c1-18-19-7-6-16-13-9-2-3-10(20)14(13)23-15(16)11(21)4-5-17(16,22)12(19)8-9/h2-3,12,15,18,20,22H,4-8H2,1H3/t12?,15?,16?,17-/m1/s1. The second-order valence-corrected chi connectivity index (χ2v) is 7.19. The van der Waals surface area contributed by atoms with E-state index in [1.54, 1.807) is 6.07 Å². The van der Waals surface area contributed by atoms with Gasteiger partial charge in [-0.05, 0) is 37.9 Å². The monoisotopic (exact) mass is 316 g/mol. The molecule has 4 aliphatic rings. The zero-order chi connectivity index (χ0) is 16.0. The third-order valence-electron chi connectivity index (χ3n) is 6.55. The van der Waals surface area contributed by atoms with Gasteiger partial charge >= 0.3 is 0 Å². The van der Waals surface area contributed by atoms with Crippen molar-refractivity contribution < 1.29 is 19.7 Å². The zero-order valence-corrected chi connectivity index (χ0v) is 13.0. The maximum Gasteiger partial charge on any atom is 0.174 e. The van der Waals surface area contributed by atoms with Crippen LogP contribution in [0.25, 0.3) is 0 Å². The molecule has 23 heavy (non-hydrogen) atoms. The molecular weight excluding hydrogens is 296 g/mol. The third-order valence-corrected chi connectivity index (χ3v) is 6.55. The number of aromatic hydroxyl groups is 1. The number of Topliss-reactive ketones (excluding diaryl/α,β-unsaturated/α-hetero) is 1. The molecule has 6 nitrogen and oxygen atoms in total. The highest BCUT2D eigenvalue weighted by Gasteiger charge is 2.73. The summed E-state index contributed by atoms with van der Waals surface area (Å²) in [5.74, 6) is 0.518. The lowest BCUT2D eigenvalue weighted by atomic mass is 9.49. The molecule has 1 saturated carbocycles. The minimum atomic E-state index is -1.02. The predicted molar refractivity (Wildman–Crippen MR) is 81.3 cm³/mol. The van der Waals surface area contributed by atoms with E-state index in [-0.39, 0.29) is 17.6 Å². The Morgan fingerprint density at radius 1 is 1.39 bits per heavy atom. The van der Waals surface area contributed by atoms with Gasteiger partial charge in [-0.25, -0.2) is 5.01 Å². The number of ketones is 1. The van der Waals surface area contributed by atoms with Crippen molar-refractivity contribution in [3.05, 3.63) is 23.3 Å². The van der Waals surface area contributed by atoms with Crippen molar-refractivity contribution in [3.63, 3.8) is 0 Å². The van der Waals surface area contributed by atoms with Crippen molar-refractivity contribution in [3.8, 4) is 11.5 Å². The lowest BCUT2D eigenvalue weighted by Crippen LogP contribution is -2.77. The van der Waals surface area contributed by atoms with Crippen LogP contribution in [0.3, 0.4) is 0 Å². The molecule has 5 rings (SSSR count). The Hall–Kier alpha value is -1.63. The fraction of sp³-hybridized carbons (Fsp3) is 0.588. The summed E-state index contributed by atoms with van der Waals surface area (Å²) in [6, 6.07) is 3.45. The van der Waals surface area contributed by atoms with Crippen LogP contribution in [-0.2, 0) is 16.6 Å². The van der Waals surface area contributed by atoms with Gasteiger partial charge in [0.1, 0.15) is 0 Å². The third kappa shape index (κ3) is 1.31.